The number of hydrogen-bond donors (Lipinski definition) is 2. The Labute approximate surface area is 120 Å². The third-order valence-electron chi connectivity index (χ3n) is 3.20. The zero-order valence-electron chi connectivity index (χ0n) is 11.6. The first-order chi connectivity index (χ1) is 8.94. The first-order valence-electron chi connectivity index (χ1n) is 6.56. The van der Waals surface area contributed by atoms with Gasteiger partial charge in [0.25, 0.3) is 0 Å². The molecule has 0 unspecified atom stereocenters. The number of hydrogen-bond acceptors (Lipinski definition) is 2. The molecule has 0 aliphatic heterocycles. The van der Waals surface area contributed by atoms with E-state index in [1.165, 1.54) is 0 Å². The fourth-order valence-corrected chi connectivity index (χ4v) is 1.98. The molecule has 0 radical (unpaired) electrons. The quantitative estimate of drug-likeness (QED) is 0.595. The van der Waals surface area contributed by atoms with Crippen LogP contribution >= 0.6 is 12.2 Å². The lowest BCUT2D eigenvalue weighted by atomic mass is 9.84. The van der Waals surface area contributed by atoms with Gasteiger partial charge in [0.05, 0.1) is 10.4 Å². The Balaban J connectivity index is 2.42. The molecule has 0 aliphatic rings. The van der Waals surface area contributed by atoms with E-state index in [-0.39, 0.29) is 5.91 Å². The van der Waals surface area contributed by atoms with Gasteiger partial charge in [0.15, 0.2) is 0 Å². The maximum absolute atomic E-state index is 12.2. The molecule has 0 saturated carbocycles. The van der Waals surface area contributed by atoms with Gasteiger partial charge >= 0.3 is 0 Å². The Morgan fingerprint density at radius 3 is 2.47 bits per heavy atom. The first kappa shape index (κ1) is 15.6. The molecule has 104 valence electrons. The zero-order valence-corrected chi connectivity index (χ0v) is 12.4. The summed E-state index contributed by atoms with van der Waals surface area (Å²) >= 11 is 4.81. The minimum atomic E-state index is -0.509. The lowest BCUT2D eigenvalue weighted by molar-refractivity contribution is -0.125. The van der Waals surface area contributed by atoms with Crippen molar-refractivity contribution < 1.29 is 4.79 Å². The maximum atomic E-state index is 12.2. The summed E-state index contributed by atoms with van der Waals surface area (Å²) in [5.41, 5.74) is 5.94. The Kier molecular flexibility index (Phi) is 5.96. The SMILES string of the molecule is CC(C)(C(=O)NCCCCC(N)=S)c1ccccc1. The maximum Gasteiger partial charge on any atom is 0.230 e. The summed E-state index contributed by atoms with van der Waals surface area (Å²) in [5.74, 6) is 0.0500. The van der Waals surface area contributed by atoms with Crippen molar-refractivity contribution >= 4 is 23.1 Å². The summed E-state index contributed by atoms with van der Waals surface area (Å²) in [6, 6.07) is 9.81. The highest BCUT2D eigenvalue weighted by Gasteiger charge is 2.28. The molecule has 0 spiro atoms. The molecule has 3 nitrogen and oxygen atoms in total. The normalized spacial score (nSPS) is 11.1. The number of unbranched alkanes of at least 4 members (excludes halogenated alkanes) is 1. The third kappa shape index (κ3) is 4.99. The van der Waals surface area contributed by atoms with Crippen molar-refractivity contribution in [3.8, 4) is 0 Å². The van der Waals surface area contributed by atoms with Crippen molar-refractivity contribution in [2.45, 2.75) is 38.5 Å². The zero-order chi connectivity index (χ0) is 14.3. The second-order valence-corrected chi connectivity index (χ2v) is 5.69. The van der Waals surface area contributed by atoms with Crippen LogP contribution in [-0.2, 0) is 10.2 Å². The number of carbonyl (C=O) groups excluding carboxylic acids is 1. The van der Waals surface area contributed by atoms with Gasteiger partial charge in [-0.3, -0.25) is 4.79 Å². The summed E-state index contributed by atoms with van der Waals surface area (Å²) in [5, 5.41) is 2.97. The van der Waals surface area contributed by atoms with Crippen LogP contribution in [0.5, 0.6) is 0 Å². The van der Waals surface area contributed by atoms with Gasteiger partial charge in [0, 0.05) is 6.54 Å². The molecule has 1 aromatic rings. The number of amides is 1. The van der Waals surface area contributed by atoms with Gasteiger partial charge in [-0.25, -0.2) is 0 Å². The van der Waals surface area contributed by atoms with Gasteiger partial charge < -0.3 is 11.1 Å². The lowest BCUT2D eigenvalue weighted by Gasteiger charge is -2.24. The predicted molar refractivity (Wildman–Crippen MR) is 83.1 cm³/mol. The predicted octanol–water partition coefficient (Wildman–Crippen LogP) is 2.54. The Morgan fingerprint density at radius 2 is 1.89 bits per heavy atom. The van der Waals surface area contributed by atoms with Crippen molar-refractivity contribution in [1.29, 1.82) is 0 Å². The van der Waals surface area contributed by atoms with Crippen LogP contribution in [0.3, 0.4) is 0 Å². The van der Waals surface area contributed by atoms with E-state index in [1.54, 1.807) is 0 Å². The van der Waals surface area contributed by atoms with E-state index in [0.717, 1.165) is 24.8 Å². The molecular weight excluding hydrogens is 256 g/mol. The van der Waals surface area contributed by atoms with Crippen LogP contribution in [0, 0.1) is 0 Å². The van der Waals surface area contributed by atoms with Gasteiger partial charge in [-0.1, -0.05) is 42.5 Å². The van der Waals surface area contributed by atoms with Crippen molar-refractivity contribution in [1.82, 2.24) is 5.32 Å². The molecule has 0 saturated heterocycles. The van der Waals surface area contributed by atoms with Crippen LogP contribution in [0.2, 0.25) is 0 Å². The molecule has 1 rings (SSSR count). The highest BCUT2D eigenvalue weighted by Crippen LogP contribution is 2.22. The molecule has 0 atom stereocenters. The highest BCUT2D eigenvalue weighted by atomic mass is 32.1. The van der Waals surface area contributed by atoms with Crippen molar-refractivity contribution in [2.75, 3.05) is 6.54 Å². The average Bonchev–Trinajstić information content (AvgIpc) is 2.38. The Bertz CT molecular complexity index is 429. The molecule has 0 heterocycles. The number of thiocarbonyl (C=S) groups is 1. The van der Waals surface area contributed by atoms with Crippen molar-refractivity contribution in [3.63, 3.8) is 0 Å². The molecule has 0 fully saturated rings. The van der Waals surface area contributed by atoms with E-state index < -0.39 is 5.41 Å². The number of carbonyl (C=O) groups is 1. The van der Waals surface area contributed by atoms with E-state index in [1.807, 2.05) is 44.2 Å². The number of nitrogens with one attached hydrogen (secondary N) is 1. The Hall–Kier alpha value is -1.42. The molecular formula is C15H22N2OS. The van der Waals surface area contributed by atoms with Crippen LogP contribution in [0.1, 0.15) is 38.7 Å². The van der Waals surface area contributed by atoms with E-state index in [2.05, 4.69) is 5.32 Å². The summed E-state index contributed by atoms with van der Waals surface area (Å²) in [6.45, 7) is 4.54. The minimum Gasteiger partial charge on any atom is -0.393 e. The van der Waals surface area contributed by atoms with Gasteiger partial charge in [0.2, 0.25) is 5.91 Å². The van der Waals surface area contributed by atoms with Gasteiger partial charge in [0.1, 0.15) is 0 Å². The standard InChI is InChI=1S/C15H22N2OS/c1-15(2,12-8-4-3-5-9-12)14(18)17-11-7-6-10-13(16)19/h3-5,8-9H,6-7,10-11H2,1-2H3,(H2,16,19)(H,17,18). The molecule has 0 bridgehead atoms. The Morgan fingerprint density at radius 1 is 1.26 bits per heavy atom. The molecule has 1 aromatic carbocycles. The van der Waals surface area contributed by atoms with Gasteiger partial charge in [-0.15, -0.1) is 0 Å². The van der Waals surface area contributed by atoms with E-state index >= 15 is 0 Å². The smallest absolute Gasteiger partial charge is 0.230 e. The van der Waals surface area contributed by atoms with Crippen molar-refractivity contribution in [3.05, 3.63) is 35.9 Å². The van der Waals surface area contributed by atoms with Crippen LogP contribution in [-0.4, -0.2) is 17.4 Å². The average molecular weight is 278 g/mol. The highest BCUT2D eigenvalue weighted by molar-refractivity contribution is 7.80. The molecule has 0 aromatic heterocycles. The molecule has 0 aliphatic carbocycles. The summed E-state index contributed by atoms with van der Waals surface area (Å²) < 4.78 is 0. The van der Waals surface area contributed by atoms with Crippen molar-refractivity contribution in [2.24, 2.45) is 5.73 Å². The minimum absolute atomic E-state index is 0.0500. The summed E-state index contributed by atoms with van der Waals surface area (Å²) in [6.07, 6.45) is 2.56. The van der Waals surface area contributed by atoms with Crippen LogP contribution in [0.25, 0.3) is 0 Å². The molecule has 4 heteroatoms. The van der Waals surface area contributed by atoms with Gasteiger partial charge in [-0.05, 0) is 38.7 Å². The van der Waals surface area contributed by atoms with Gasteiger partial charge in [-0.2, -0.15) is 0 Å². The summed E-state index contributed by atoms with van der Waals surface area (Å²) in [4.78, 5) is 12.7. The monoisotopic (exact) mass is 278 g/mol. The molecule has 3 N–H and O–H groups in total. The topological polar surface area (TPSA) is 55.1 Å². The first-order valence-corrected chi connectivity index (χ1v) is 6.97. The second-order valence-electron chi connectivity index (χ2n) is 5.17. The molecule has 1 amide bonds. The fourth-order valence-electron chi connectivity index (χ4n) is 1.83. The number of nitrogens with two attached hydrogens (primary N) is 1. The van der Waals surface area contributed by atoms with E-state index in [9.17, 15) is 4.79 Å². The fraction of sp³-hybridized carbons (Fsp3) is 0.467. The second kappa shape index (κ2) is 7.24. The third-order valence-corrected chi connectivity index (χ3v) is 3.40. The van der Waals surface area contributed by atoms with Crippen LogP contribution in [0.4, 0.5) is 0 Å². The number of rotatable bonds is 7. The van der Waals surface area contributed by atoms with E-state index in [4.69, 9.17) is 18.0 Å². The largest absolute Gasteiger partial charge is 0.393 e. The summed E-state index contributed by atoms with van der Waals surface area (Å²) in [7, 11) is 0. The van der Waals surface area contributed by atoms with Crippen LogP contribution < -0.4 is 11.1 Å². The van der Waals surface area contributed by atoms with Crippen LogP contribution in [0.15, 0.2) is 30.3 Å². The van der Waals surface area contributed by atoms with E-state index in [0.29, 0.717) is 11.5 Å². The molecule has 19 heavy (non-hydrogen) atoms. The number of benzene rings is 1. The lowest BCUT2D eigenvalue weighted by Crippen LogP contribution is -2.40.